The van der Waals surface area contributed by atoms with E-state index in [1.54, 1.807) is 6.07 Å². The molecule has 0 unspecified atom stereocenters. The van der Waals surface area contributed by atoms with Gasteiger partial charge >= 0.3 is 0 Å². The van der Waals surface area contributed by atoms with Crippen LogP contribution in [0.4, 0.5) is 4.39 Å². The van der Waals surface area contributed by atoms with Crippen LogP contribution in [-0.2, 0) is 13.2 Å². The molecule has 0 aliphatic rings. The first kappa shape index (κ1) is 15.5. The van der Waals surface area contributed by atoms with E-state index >= 15 is 0 Å². The van der Waals surface area contributed by atoms with Gasteiger partial charge in [-0.25, -0.2) is 4.39 Å². The monoisotopic (exact) mass is 287 g/mol. The molecule has 0 saturated heterocycles. The number of nitrogens with one attached hydrogen (secondary N) is 1. The summed E-state index contributed by atoms with van der Waals surface area (Å²) in [6.07, 6.45) is 0. The zero-order valence-corrected chi connectivity index (χ0v) is 12.8. The maximum atomic E-state index is 13.1. The minimum atomic E-state index is -0.235. The third-order valence-corrected chi connectivity index (χ3v) is 3.24. The SMILES string of the molecule is Cc1cc(F)ccc1OCc1cccc(CNC(C)C)c1. The van der Waals surface area contributed by atoms with E-state index in [1.807, 2.05) is 19.1 Å². The lowest BCUT2D eigenvalue weighted by Gasteiger charge is -2.11. The Morgan fingerprint density at radius 3 is 2.57 bits per heavy atom. The highest BCUT2D eigenvalue weighted by molar-refractivity contribution is 5.33. The molecule has 2 aromatic rings. The standard InChI is InChI=1S/C18H22FNO/c1-13(2)20-11-15-5-4-6-16(10-15)12-21-18-8-7-17(19)9-14(18)3/h4-10,13,20H,11-12H2,1-3H3. The van der Waals surface area contributed by atoms with Crippen LogP contribution in [0.25, 0.3) is 0 Å². The summed E-state index contributed by atoms with van der Waals surface area (Å²) in [5.74, 6) is 0.490. The summed E-state index contributed by atoms with van der Waals surface area (Å²) in [5, 5.41) is 3.40. The van der Waals surface area contributed by atoms with Crippen molar-refractivity contribution in [2.75, 3.05) is 0 Å². The van der Waals surface area contributed by atoms with Gasteiger partial charge in [-0.15, -0.1) is 0 Å². The van der Waals surface area contributed by atoms with E-state index in [2.05, 4.69) is 31.3 Å². The van der Waals surface area contributed by atoms with Crippen LogP contribution in [-0.4, -0.2) is 6.04 Å². The van der Waals surface area contributed by atoms with Crippen molar-refractivity contribution in [3.8, 4) is 5.75 Å². The predicted molar refractivity (Wildman–Crippen MR) is 83.9 cm³/mol. The highest BCUT2D eigenvalue weighted by atomic mass is 19.1. The Kier molecular flexibility index (Phi) is 5.34. The molecule has 0 radical (unpaired) electrons. The predicted octanol–water partition coefficient (Wildman–Crippen LogP) is 4.21. The molecule has 0 aliphatic heterocycles. The largest absolute Gasteiger partial charge is 0.489 e. The first-order chi connectivity index (χ1) is 10.0. The molecule has 0 saturated carbocycles. The molecular formula is C18H22FNO. The molecule has 0 bridgehead atoms. The second kappa shape index (κ2) is 7.23. The first-order valence-corrected chi connectivity index (χ1v) is 7.25. The van der Waals surface area contributed by atoms with E-state index in [0.29, 0.717) is 12.6 Å². The second-order valence-corrected chi connectivity index (χ2v) is 5.55. The molecule has 2 rings (SSSR count). The first-order valence-electron chi connectivity index (χ1n) is 7.25. The van der Waals surface area contributed by atoms with Crippen molar-refractivity contribution in [1.82, 2.24) is 5.32 Å². The summed E-state index contributed by atoms with van der Waals surface area (Å²) >= 11 is 0. The second-order valence-electron chi connectivity index (χ2n) is 5.55. The van der Waals surface area contributed by atoms with Crippen LogP contribution in [0.1, 0.15) is 30.5 Å². The third-order valence-electron chi connectivity index (χ3n) is 3.24. The number of benzene rings is 2. The van der Waals surface area contributed by atoms with Gasteiger partial charge in [0.05, 0.1) is 0 Å². The molecule has 0 aliphatic carbocycles. The van der Waals surface area contributed by atoms with Gasteiger partial charge in [-0.3, -0.25) is 0 Å². The highest BCUT2D eigenvalue weighted by Gasteiger charge is 2.03. The van der Waals surface area contributed by atoms with Crippen molar-refractivity contribution in [2.24, 2.45) is 0 Å². The maximum absolute atomic E-state index is 13.1. The Balaban J connectivity index is 1.98. The van der Waals surface area contributed by atoms with E-state index < -0.39 is 0 Å². The fourth-order valence-corrected chi connectivity index (χ4v) is 2.09. The van der Waals surface area contributed by atoms with Gasteiger partial charge in [0.15, 0.2) is 0 Å². The molecule has 21 heavy (non-hydrogen) atoms. The van der Waals surface area contributed by atoms with Gasteiger partial charge in [0.1, 0.15) is 18.2 Å². The van der Waals surface area contributed by atoms with E-state index in [9.17, 15) is 4.39 Å². The molecule has 0 spiro atoms. The van der Waals surface area contributed by atoms with Gasteiger partial charge in [-0.2, -0.15) is 0 Å². The number of hydrogen-bond donors (Lipinski definition) is 1. The van der Waals surface area contributed by atoms with E-state index in [-0.39, 0.29) is 5.82 Å². The van der Waals surface area contributed by atoms with Crippen LogP contribution in [0.3, 0.4) is 0 Å². The normalized spacial score (nSPS) is 10.9. The van der Waals surface area contributed by atoms with Gasteiger partial charge in [-0.1, -0.05) is 38.1 Å². The van der Waals surface area contributed by atoms with Gasteiger partial charge < -0.3 is 10.1 Å². The van der Waals surface area contributed by atoms with Gasteiger partial charge in [0.2, 0.25) is 0 Å². The number of ether oxygens (including phenoxy) is 1. The van der Waals surface area contributed by atoms with Gasteiger partial charge in [0.25, 0.3) is 0 Å². The number of aryl methyl sites for hydroxylation is 1. The summed E-state index contributed by atoms with van der Waals surface area (Å²) in [6.45, 7) is 7.44. The van der Waals surface area contributed by atoms with Crippen molar-refractivity contribution < 1.29 is 9.13 Å². The van der Waals surface area contributed by atoms with Crippen molar-refractivity contribution in [2.45, 2.75) is 40.0 Å². The molecule has 0 aromatic heterocycles. The molecule has 2 nitrogen and oxygen atoms in total. The fraction of sp³-hybridized carbons (Fsp3) is 0.333. The summed E-state index contributed by atoms with van der Waals surface area (Å²) in [5.41, 5.74) is 3.16. The van der Waals surface area contributed by atoms with E-state index in [1.165, 1.54) is 17.7 Å². The highest BCUT2D eigenvalue weighted by Crippen LogP contribution is 2.20. The molecule has 0 amide bonds. The zero-order chi connectivity index (χ0) is 15.2. The lowest BCUT2D eigenvalue weighted by Crippen LogP contribution is -2.21. The van der Waals surface area contributed by atoms with Crippen molar-refractivity contribution in [3.63, 3.8) is 0 Å². The van der Waals surface area contributed by atoms with Crippen LogP contribution < -0.4 is 10.1 Å². The summed E-state index contributed by atoms with van der Waals surface area (Å²) < 4.78 is 18.8. The lowest BCUT2D eigenvalue weighted by molar-refractivity contribution is 0.303. The summed E-state index contributed by atoms with van der Waals surface area (Å²) in [7, 11) is 0. The quantitative estimate of drug-likeness (QED) is 0.859. The summed E-state index contributed by atoms with van der Waals surface area (Å²) in [4.78, 5) is 0. The lowest BCUT2D eigenvalue weighted by atomic mass is 10.1. The molecule has 2 aromatic carbocycles. The van der Waals surface area contributed by atoms with Gasteiger partial charge in [-0.05, 0) is 41.8 Å². The molecule has 0 heterocycles. The Bertz CT molecular complexity index is 596. The van der Waals surface area contributed by atoms with E-state index in [0.717, 1.165) is 23.4 Å². The Morgan fingerprint density at radius 1 is 1.10 bits per heavy atom. The Labute approximate surface area is 126 Å². The molecule has 3 heteroatoms. The molecule has 0 fully saturated rings. The van der Waals surface area contributed by atoms with Gasteiger partial charge in [0, 0.05) is 12.6 Å². The maximum Gasteiger partial charge on any atom is 0.123 e. The molecule has 112 valence electrons. The topological polar surface area (TPSA) is 21.3 Å². The van der Waals surface area contributed by atoms with Crippen LogP contribution in [0.5, 0.6) is 5.75 Å². The number of hydrogen-bond acceptors (Lipinski definition) is 2. The summed E-state index contributed by atoms with van der Waals surface area (Å²) in [6, 6.07) is 13.4. The van der Waals surface area contributed by atoms with E-state index in [4.69, 9.17) is 4.74 Å². The third kappa shape index (κ3) is 4.87. The van der Waals surface area contributed by atoms with Crippen molar-refractivity contribution in [1.29, 1.82) is 0 Å². The minimum Gasteiger partial charge on any atom is -0.489 e. The average molecular weight is 287 g/mol. The minimum absolute atomic E-state index is 0.235. The van der Waals surface area contributed by atoms with Crippen LogP contribution in [0.2, 0.25) is 0 Å². The molecule has 0 atom stereocenters. The van der Waals surface area contributed by atoms with Crippen LogP contribution in [0.15, 0.2) is 42.5 Å². The smallest absolute Gasteiger partial charge is 0.123 e. The average Bonchev–Trinajstić information content (AvgIpc) is 2.45. The van der Waals surface area contributed by atoms with Crippen LogP contribution >= 0.6 is 0 Å². The molecule has 1 N–H and O–H groups in total. The van der Waals surface area contributed by atoms with Crippen molar-refractivity contribution >= 4 is 0 Å². The Hall–Kier alpha value is -1.87. The Morgan fingerprint density at radius 2 is 1.86 bits per heavy atom. The number of rotatable bonds is 6. The zero-order valence-electron chi connectivity index (χ0n) is 12.8. The fourth-order valence-electron chi connectivity index (χ4n) is 2.09. The van der Waals surface area contributed by atoms with Crippen LogP contribution in [0, 0.1) is 12.7 Å². The van der Waals surface area contributed by atoms with Crippen molar-refractivity contribution in [3.05, 3.63) is 65.0 Å². The number of halogens is 1. The molecular weight excluding hydrogens is 265 g/mol.